The third-order valence-electron chi connectivity index (χ3n) is 3.43. The van der Waals surface area contributed by atoms with Crippen molar-refractivity contribution < 1.29 is 9.84 Å². The minimum absolute atomic E-state index is 0.0615. The highest BCUT2D eigenvalue weighted by Gasteiger charge is 2.50. The average molecular weight is 182 g/mol. The van der Waals surface area contributed by atoms with E-state index in [1.54, 1.807) is 0 Å². The predicted octanol–water partition coefficient (Wildman–Crippen LogP) is 1.88. The first-order chi connectivity index (χ1) is 6.27. The maximum atomic E-state index is 8.93. The molecule has 2 aliphatic rings. The highest BCUT2D eigenvalue weighted by molar-refractivity contribution is 5.09. The lowest BCUT2D eigenvalue weighted by molar-refractivity contribution is 0.153. The van der Waals surface area contributed by atoms with Crippen LogP contribution in [0.5, 0.6) is 0 Å². The van der Waals surface area contributed by atoms with Crippen LogP contribution in [0.1, 0.15) is 32.6 Å². The summed E-state index contributed by atoms with van der Waals surface area (Å²) in [6.45, 7) is 3.33. The summed E-state index contributed by atoms with van der Waals surface area (Å²) in [5.74, 6) is 0.656. The highest BCUT2D eigenvalue weighted by Crippen LogP contribution is 2.44. The van der Waals surface area contributed by atoms with Crippen molar-refractivity contribution in [3.8, 4) is 0 Å². The van der Waals surface area contributed by atoms with Gasteiger partial charge in [0.05, 0.1) is 12.2 Å². The molecule has 0 saturated carbocycles. The summed E-state index contributed by atoms with van der Waals surface area (Å²) in [6, 6.07) is 0. The molecule has 2 atom stereocenters. The molecular weight excluding hydrogens is 164 g/mol. The number of epoxide rings is 1. The van der Waals surface area contributed by atoms with Gasteiger partial charge in [-0.05, 0) is 32.1 Å². The van der Waals surface area contributed by atoms with E-state index in [2.05, 4.69) is 13.0 Å². The van der Waals surface area contributed by atoms with Gasteiger partial charge in [-0.25, -0.2) is 0 Å². The molecule has 1 unspecified atom stereocenters. The molecule has 0 radical (unpaired) electrons. The van der Waals surface area contributed by atoms with E-state index in [4.69, 9.17) is 9.84 Å². The molecule has 1 heterocycles. The summed E-state index contributed by atoms with van der Waals surface area (Å²) in [4.78, 5) is 0. The van der Waals surface area contributed by atoms with Crippen LogP contribution >= 0.6 is 0 Å². The van der Waals surface area contributed by atoms with E-state index >= 15 is 0 Å². The van der Waals surface area contributed by atoms with Crippen LogP contribution in [0, 0.1) is 5.92 Å². The van der Waals surface area contributed by atoms with Crippen molar-refractivity contribution in [2.24, 2.45) is 5.92 Å². The van der Waals surface area contributed by atoms with Crippen LogP contribution in [0.4, 0.5) is 0 Å². The van der Waals surface area contributed by atoms with Crippen LogP contribution in [0.2, 0.25) is 0 Å². The Bertz CT molecular complexity index is 216. The summed E-state index contributed by atoms with van der Waals surface area (Å²) in [5.41, 5.74) is 1.57. The molecule has 2 heteroatoms. The Morgan fingerprint density at radius 2 is 2.46 bits per heavy atom. The van der Waals surface area contributed by atoms with Gasteiger partial charge in [0.2, 0.25) is 0 Å². The number of aliphatic hydroxyl groups excluding tert-OH is 1. The number of rotatable bonds is 3. The average Bonchev–Trinajstić information content (AvgIpc) is 2.87. The number of ether oxygens (including phenoxy) is 1. The number of hydrogen-bond acceptors (Lipinski definition) is 2. The van der Waals surface area contributed by atoms with Gasteiger partial charge in [0.15, 0.2) is 0 Å². The molecule has 1 N–H and O–H groups in total. The fraction of sp³-hybridized carbons (Fsp3) is 0.818. The molecule has 1 fully saturated rings. The minimum Gasteiger partial charge on any atom is -0.396 e. The Kier molecular flexibility index (Phi) is 2.43. The second-order valence-corrected chi connectivity index (χ2v) is 4.35. The molecule has 2 rings (SSSR count). The van der Waals surface area contributed by atoms with Gasteiger partial charge in [-0.1, -0.05) is 11.6 Å². The standard InChI is InChI=1S/C11H18O2/c1-9-2-4-10(5-3-9)11(6-7-12)8-13-11/h2,10,12H,3-8H2,1H3/t10-,11?/m1/s1. The molecule has 13 heavy (non-hydrogen) atoms. The Hall–Kier alpha value is -0.340. The molecule has 0 aromatic carbocycles. The Morgan fingerprint density at radius 3 is 2.92 bits per heavy atom. The third-order valence-corrected chi connectivity index (χ3v) is 3.43. The zero-order chi connectivity index (χ0) is 9.31. The first-order valence-corrected chi connectivity index (χ1v) is 5.17. The molecule has 1 saturated heterocycles. The van der Waals surface area contributed by atoms with Gasteiger partial charge in [0.25, 0.3) is 0 Å². The zero-order valence-corrected chi connectivity index (χ0v) is 8.25. The van der Waals surface area contributed by atoms with Crippen molar-refractivity contribution in [2.75, 3.05) is 13.2 Å². The number of aliphatic hydroxyl groups is 1. The summed E-state index contributed by atoms with van der Waals surface area (Å²) in [7, 11) is 0. The van der Waals surface area contributed by atoms with Gasteiger partial charge in [-0.15, -0.1) is 0 Å². The van der Waals surface area contributed by atoms with Crippen LogP contribution in [-0.4, -0.2) is 23.9 Å². The van der Waals surface area contributed by atoms with Crippen LogP contribution in [-0.2, 0) is 4.74 Å². The van der Waals surface area contributed by atoms with E-state index in [1.165, 1.54) is 18.4 Å². The zero-order valence-electron chi connectivity index (χ0n) is 8.25. The third kappa shape index (κ3) is 1.79. The normalized spacial score (nSPS) is 38.6. The number of allylic oxidation sites excluding steroid dienone is 2. The van der Waals surface area contributed by atoms with Crippen molar-refractivity contribution in [3.05, 3.63) is 11.6 Å². The summed E-state index contributed by atoms with van der Waals surface area (Å²) < 4.78 is 5.52. The molecule has 0 spiro atoms. The Balaban J connectivity index is 1.95. The van der Waals surface area contributed by atoms with Gasteiger partial charge in [0, 0.05) is 13.0 Å². The second kappa shape index (κ2) is 3.43. The van der Waals surface area contributed by atoms with Crippen LogP contribution in [0.3, 0.4) is 0 Å². The fourth-order valence-corrected chi connectivity index (χ4v) is 2.31. The van der Waals surface area contributed by atoms with E-state index in [-0.39, 0.29) is 12.2 Å². The highest BCUT2D eigenvalue weighted by atomic mass is 16.6. The minimum atomic E-state index is 0.0615. The van der Waals surface area contributed by atoms with Crippen LogP contribution in [0.25, 0.3) is 0 Å². The summed E-state index contributed by atoms with van der Waals surface area (Å²) in [5, 5.41) is 8.93. The van der Waals surface area contributed by atoms with E-state index in [9.17, 15) is 0 Å². The lowest BCUT2D eigenvalue weighted by Crippen LogP contribution is -2.27. The van der Waals surface area contributed by atoms with Gasteiger partial charge >= 0.3 is 0 Å². The molecule has 2 nitrogen and oxygen atoms in total. The lowest BCUT2D eigenvalue weighted by atomic mass is 9.79. The monoisotopic (exact) mass is 182 g/mol. The molecule has 1 aliphatic heterocycles. The summed E-state index contributed by atoms with van der Waals surface area (Å²) >= 11 is 0. The van der Waals surface area contributed by atoms with Crippen molar-refractivity contribution in [1.82, 2.24) is 0 Å². The quantitative estimate of drug-likeness (QED) is 0.534. The van der Waals surface area contributed by atoms with Crippen molar-refractivity contribution in [3.63, 3.8) is 0 Å². The Labute approximate surface area is 79.6 Å². The van der Waals surface area contributed by atoms with Gasteiger partial charge in [0.1, 0.15) is 0 Å². The predicted molar refractivity (Wildman–Crippen MR) is 51.5 cm³/mol. The smallest absolute Gasteiger partial charge is 0.0969 e. The Morgan fingerprint density at radius 1 is 1.69 bits per heavy atom. The number of hydrogen-bond donors (Lipinski definition) is 1. The van der Waals surface area contributed by atoms with Gasteiger partial charge < -0.3 is 9.84 Å². The molecule has 0 aromatic heterocycles. The molecule has 1 aliphatic carbocycles. The largest absolute Gasteiger partial charge is 0.396 e. The first kappa shape index (κ1) is 9.22. The van der Waals surface area contributed by atoms with Crippen LogP contribution < -0.4 is 0 Å². The summed E-state index contributed by atoms with van der Waals surface area (Å²) in [6.07, 6.45) is 6.74. The molecular formula is C11H18O2. The van der Waals surface area contributed by atoms with E-state index in [0.717, 1.165) is 19.4 Å². The van der Waals surface area contributed by atoms with Crippen LogP contribution in [0.15, 0.2) is 11.6 Å². The van der Waals surface area contributed by atoms with E-state index < -0.39 is 0 Å². The maximum Gasteiger partial charge on any atom is 0.0969 e. The van der Waals surface area contributed by atoms with E-state index in [1.807, 2.05) is 0 Å². The van der Waals surface area contributed by atoms with Gasteiger partial charge in [-0.2, -0.15) is 0 Å². The van der Waals surface area contributed by atoms with Crippen molar-refractivity contribution >= 4 is 0 Å². The SMILES string of the molecule is CC1=CC[C@@H](C2(CCO)CO2)CC1. The van der Waals surface area contributed by atoms with E-state index in [0.29, 0.717) is 5.92 Å². The maximum absolute atomic E-state index is 8.93. The molecule has 0 aromatic rings. The fourth-order valence-electron chi connectivity index (χ4n) is 2.31. The molecule has 0 bridgehead atoms. The topological polar surface area (TPSA) is 32.8 Å². The lowest BCUT2D eigenvalue weighted by Gasteiger charge is -2.26. The molecule has 0 amide bonds. The van der Waals surface area contributed by atoms with Crippen molar-refractivity contribution in [1.29, 1.82) is 0 Å². The van der Waals surface area contributed by atoms with Gasteiger partial charge in [-0.3, -0.25) is 0 Å². The second-order valence-electron chi connectivity index (χ2n) is 4.35. The van der Waals surface area contributed by atoms with Crippen molar-refractivity contribution in [2.45, 2.75) is 38.2 Å². The first-order valence-electron chi connectivity index (χ1n) is 5.17. The molecule has 74 valence electrons.